The second kappa shape index (κ2) is 8.81. The van der Waals surface area contributed by atoms with Crippen LogP contribution >= 0.6 is 11.3 Å². The molecule has 0 aliphatic carbocycles. The van der Waals surface area contributed by atoms with Gasteiger partial charge in [0.2, 0.25) is 0 Å². The molecule has 2 rings (SSSR count). The van der Waals surface area contributed by atoms with Crippen molar-refractivity contribution in [2.24, 2.45) is 0 Å². The lowest BCUT2D eigenvalue weighted by Crippen LogP contribution is -2.25. The summed E-state index contributed by atoms with van der Waals surface area (Å²) in [6.45, 7) is 3.73. The number of hydrogen-bond donors (Lipinski definition) is 2. The van der Waals surface area contributed by atoms with Crippen molar-refractivity contribution in [3.8, 4) is 0 Å². The van der Waals surface area contributed by atoms with Crippen LogP contribution in [0.1, 0.15) is 23.7 Å². The molecule has 1 amide bonds. The van der Waals surface area contributed by atoms with Crippen LogP contribution in [0, 0.1) is 0 Å². The number of ether oxygens (including phenoxy) is 1. The molecule has 2 aromatic rings. The number of thiophene rings is 1. The van der Waals surface area contributed by atoms with Crippen LogP contribution in [0.15, 0.2) is 46.0 Å². The fraction of sp³-hybridized carbons (Fsp3) is 0.312. The zero-order valence-electron chi connectivity index (χ0n) is 13.3. The average Bonchev–Trinajstić information content (AvgIpc) is 3.10. The van der Waals surface area contributed by atoms with Gasteiger partial charge < -0.3 is 10.1 Å². The number of sulfonamides is 1. The van der Waals surface area contributed by atoms with E-state index in [0.717, 1.165) is 17.8 Å². The lowest BCUT2D eigenvalue weighted by atomic mass is 10.2. The minimum absolute atomic E-state index is 0.195. The van der Waals surface area contributed by atoms with Crippen LogP contribution in [-0.2, 0) is 14.8 Å². The van der Waals surface area contributed by atoms with Crippen molar-refractivity contribution in [1.82, 2.24) is 5.32 Å². The molecular formula is C16H20N2O4S2. The molecule has 1 aromatic heterocycles. The van der Waals surface area contributed by atoms with Gasteiger partial charge in [0.15, 0.2) is 0 Å². The summed E-state index contributed by atoms with van der Waals surface area (Å²) in [5.74, 6) is -0.195. The Bertz CT molecular complexity index is 741. The van der Waals surface area contributed by atoms with Gasteiger partial charge >= 0.3 is 0 Å². The topological polar surface area (TPSA) is 84.5 Å². The highest BCUT2D eigenvalue weighted by atomic mass is 32.2. The standard InChI is InChI=1S/C16H20N2O4S2/c1-2-22-11-4-10-17-16(19)13-6-8-14(9-7-13)18-24(20,21)15-5-3-12-23-15/h3,5-9,12,18H,2,4,10-11H2,1H3,(H,17,19). The molecule has 0 unspecified atom stereocenters. The van der Waals surface area contributed by atoms with Crippen LogP contribution in [0.2, 0.25) is 0 Å². The normalized spacial score (nSPS) is 11.2. The third kappa shape index (κ3) is 5.33. The van der Waals surface area contributed by atoms with Gasteiger partial charge in [-0.15, -0.1) is 11.3 Å². The third-order valence-electron chi connectivity index (χ3n) is 3.11. The summed E-state index contributed by atoms with van der Waals surface area (Å²) < 4.78 is 32.2. The Morgan fingerprint density at radius 3 is 2.58 bits per heavy atom. The molecule has 0 saturated carbocycles. The van der Waals surface area contributed by atoms with E-state index in [1.165, 1.54) is 6.07 Å². The van der Waals surface area contributed by atoms with Gasteiger partial charge in [-0.3, -0.25) is 9.52 Å². The summed E-state index contributed by atoms with van der Waals surface area (Å²) in [7, 11) is -3.57. The lowest BCUT2D eigenvalue weighted by Gasteiger charge is -2.08. The summed E-state index contributed by atoms with van der Waals surface area (Å²) in [6, 6.07) is 9.53. The molecule has 0 fully saturated rings. The summed E-state index contributed by atoms with van der Waals surface area (Å²) >= 11 is 1.15. The number of amides is 1. The van der Waals surface area contributed by atoms with E-state index < -0.39 is 10.0 Å². The molecule has 0 aliphatic rings. The largest absolute Gasteiger partial charge is 0.382 e. The van der Waals surface area contributed by atoms with Gasteiger partial charge in [0.05, 0.1) is 0 Å². The van der Waals surface area contributed by atoms with Crippen molar-refractivity contribution >= 4 is 33.0 Å². The quantitative estimate of drug-likeness (QED) is 0.667. The van der Waals surface area contributed by atoms with E-state index in [2.05, 4.69) is 10.0 Å². The van der Waals surface area contributed by atoms with Crippen molar-refractivity contribution in [2.45, 2.75) is 17.6 Å². The molecule has 0 spiro atoms. The highest BCUT2D eigenvalue weighted by Gasteiger charge is 2.15. The summed E-state index contributed by atoms with van der Waals surface area (Å²) in [4.78, 5) is 12.0. The first-order valence-corrected chi connectivity index (χ1v) is 9.91. The Morgan fingerprint density at radius 1 is 1.21 bits per heavy atom. The van der Waals surface area contributed by atoms with Gasteiger partial charge in [-0.05, 0) is 49.1 Å². The van der Waals surface area contributed by atoms with Crippen LogP contribution in [-0.4, -0.2) is 34.1 Å². The number of carbonyl (C=O) groups excluding carboxylic acids is 1. The Balaban J connectivity index is 1.90. The van der Waals surface area contributed by atoms with Crippen molar-refractivity contribution in [3.63, 3.8) is 0 Å². The van der Waals surface area contributed by atoms with Crippen molar-refractivity contribution in [1.29, 1.82) is 0 Å². The Labute approximate surface area is 145 Å². The molecule has 6 nitrogen and oxygen atoms in total. The van der Waals surface area contributed by atoms with Gasteiger partial charge in [0.1, 0.15) is 4.21 Å². The van der Waals surface area contributed by atoms with Crippen LogP contribution in [0.4, 0.5) is 5.69 Å². The smallest absolute Gasteiger partial charge is 0.271 e. The van der Waals surface area contributed by atoms with Crippen LogP contribution in [0.5, 0.6) is 0 Å². The minimum Gasteiger partial charge on any atom is -0.382 e. The predicted octanol–water partition coefficient (Wildman–Crippen LogP) is 2.71. The van der Waals surface area contributed by atoms with E-state index in [1.54, 1.807) is 35.7 Å². The van der Waals surface area contributed by atoms with Gasteiger partial charge in [-0.25, -0.2) is 8.42 Å². The highest BCUT2D eigenvalue weighted by molar-refractivity contribution is 7.94. The van der Waals surface area contributed by atoms with Crippen molar-refractivity contribution in [2.75, 3.05) is 24.5 Å². The summed E-state index contributed by atoms with van der Waals surface area (Å²) in [5.41, 5.74) is 0.891. The summed E-state index contributed by atoms with van der Waals surface area (Å²) in [5, 5.41) is 4.49. The molecule has 0 saturated heterocycles. The maximum atomic E-state index is 12.1. The molecule has 130 valence electrons. The van der Waals surface area contributed by atoms with Crippen molar-refractivity contribution in [3.05, 3.63) is 47.3 Å². The first-order chi connectivity index (χ1) is 11.5. The Kier molecular flexibility index (Phi) is 6.77. The maximum Gasteiger partial charge on any atom is 0.271 e. The fourth-order valence-corrected chi connectivity index (χ4v) is 3.99. The monoisotopic (exact) mass is 368 g/mol. The molecule has 0 radical (unpaired) electrons. The van der Waals surface area contributed by atoms with E-state index in [4.69, 9.17) is 4.74 Å². The molecule has 0 atom stereocenters. The second-order valence-electron chi connectivity index (χ2n) is 4.92. The second-order valence-corrected chi connectivity index (χ2v) is 7.78. The fourth-order valence-electron chi connectivity index (χ4n) is 1.93. The molecular weight excluding hydrogens is 348 g/mol. The SMILES string of the molecule is CCOCCCNC(=O)c1ccc(NS(=O)(=O)c2cccs2)cc1. The van der Waals surface area contributed by atoms with E-state index >= 15 is 0 Å². The minimum atomic E-state index is -3.57. The first kappa shape index (κ1) is 18.4. The van der Waals surface area contributed by atoms with Crippen LogP contribution in [0.3, 0.4) is 0 Å². The predicted molar refractivity (Wildman–Crippen MR) is 95.0 cm³/mol. The molecule has 24 heavy (non-hydrogen) atoms. The van der Waals surface area contributed by atoms with E-state index in [1.807, 2.05) is 6.92 Å². The van der Waals surface area contributed by atoms with Crippen molar-refractivity contribution < 1.29 is 17.9 Å². The number of benzene rings is 1. The first-order valence-electron chi connectivity index (χ1n) is 7.55. The molecule has 1 aromatic carbocycles. The maximum absolute atomic E-state index is 12.1. The average molecular weight is 368 g/mol. The molecule has 0 aliphatic heterocycles. The van der Waals surface area contributed by atoms with Gasteiger partial charge in [-0.2, -0.15) is 0 Å². The Morgan fingerprint density at radius 2 is 1.96 bits per heavy atom. The van der Waals surface area contributed by atoms with Crippen LogP contribution in [0.25, 0.3) is 0 Å². The molecule has 8 heteroatoms. The number of rotatable bonds is 9. The number of anilines is 1. The van der Waals surface area contributed by atoms with Crippen LogP contribution < -0.4 is 10.0 Å². The molecule has 2 N–H and O–H groups in total. The molecule has 0 bridgehead atoms. The number of carbonyl (C=O) groups is 1. The lowest BCUT2D eigenvalue weighted by molar-refractivity contribution is 0.0944. The highest BCUT2D eigenvalue weighted by Crippen LogP contribution is 2.20. The van der Waals surface area contributed by atoms with Gasteiger partial charge in [-0.1, -0.05) is 6.07 Å². The van der Waals surface area contributed by atoms with E-state index in [-0.39, 0.29) is 10.1 Å². The number of hydrogen-bond acceptors (Lipinski definition) is 5. The van der Waals surface area contributed by atoms with E-state index in [9.17, 15) is 13.2 Å². The number of nitrogens with one attached hydrogen (secondary N) is 2. The Hall–Kier alpha value is -1.90. The van der Waals surface area contributed by atoms with Gasteiger partial charge in [0.25, 0.3) is 15.9 Å². The van der Waals surface area contributed by atoms with E-state index in [0.29, 0.717) is 31.0 Å². The molecule has 1 heterocycles. The zero-order valence-corrected chi connectivity index (χ0v) is 15.0. The third-order valence-corrected chi connectivity index (χ3v) is 5.89. The summed E-state index contributed by atoms with van der Waals surface area (Å²) in [6.07, 6.45) is 0.748. The van der Waals surface area contributed by atoms with Gasteiger partial charge in [0, 0.05) is 31.0 Å². The zero-order chi connectivity index (χ0) is 17.4.